The van der Waals surface area contributed by atoms with E-state index in [2.05, 4.69) is 16.8 Å². The van der Waals surface area contributed by atoms with Crippen molar-refractivity contribution >= 4 is 45.8 Å². The number of H-pyrrole nitrogens is 1. The molecule has 1 aliphatic carbocycles. The Balaban J connectivity index is 1.27. The van der Waals surface area contributed by atoms with Crippen LogP contribution in [0, 0.1) is 12.3 Å². The third-order valence-corrected chi connectivity index (χ3v) is 10.9. The van der Waals surface area contributed by atoms with Crippen molar-refractivity contribution in [2.75, 3.05) is 64.0 Å². The Morgan fingerprint density at radius 2 is 2.00 bits per heavy atom. The van der Waals surface area contributed by atoms with Crippen LogP contribution in [0.2, 0.25) is 10.0 Å². The molecule has 1 spiro atoms. The highest BCUT2D eigenvalue weighted by molar-refractivity contribution is 6.45. The second-order valence-electron chi connectivity index (χ2n) is 13.2. The number of amides is 1. The van der Waals surface area contributed by atoms with E-state index < -0.39 is 12.0 Å². The monoisotopic (exact) mass is 663 g/mol. The summed E-state index contributed by atoms with van der Waals surface area (Å²) in [6.07, 6.45) is 1.88. The first-order valence-electron chi connectivity index (χ1n) is 15.3. The lowest BCUT2D eigenvalue weighted by atomic mass is 9.60. The van der Waals surface area contributed by atoms with Crippen LogP contribution in [0.5, 0.6) is 0 Å². The van der Waals surface area contributed by atoms with Gasteiger partial charge in [-0.05, 0) is 38.8 Å². The molecule has 2 aromatic heterocycles. The molecule has 242 valence electrons. The molecule has 4 fully saturated rings. The third kappa shape index (κ3) is 5.13. The van der Waals surface area contributed by atoms with Gasteiger partial charge in [-0.25, -0.2) is 8.78 Å². The van der Waals surface area contributed by atoms with E-state index in [9.17, 15) is 4.79 Å². The fraction of sp³-hybridized carbons (Fsp3) is 0.581. The quantitative estimate of drug-likeness (QED) is 0.358. The number of nitrogens with one attached hydrogen (secondary N) is 1. The molecule has 1 aromatic carbocycles. The summed E-state index contributed by atoms with van der Waals surface area (Å²) in [6.45, 7) is 11.6. The Kier molecular flexibility index (Phi) is 7.88. The summed E-state index contributed by atoms with van der Waals surface area (Å²) in [5.41, 5.74) is 1.31. The number of rotatable bonds is 7. The van der Waals surface area contributed by atoms with Gasteiger partial charge in [0.25, 0.3) is 6.43 Å². The van der Waals surface area contributed by atoms with Crippen molar-refractivity contribution in [2.24, 2.45) is 5.41 Å². The summed E-state index contributed by atoms with van der Waals surface area (Å²) in [6, 6.07) is 1.77. The first-order chi connectivity index (χ1) is 21.5. The lowest BCUT2D eigenvalue weighted by Crippen LogP contribution is -2.65. The molecular formula is C31H37Cl2F2N7O3. The molecule has 0 radical (unpaired) electrons. The van der Waals surface area contributed by atoms with Gasteiger partial charge in [0.05, 0.1) is 53.7 Å². The maximum Gasteiger partial charge on any atom is 0.262 e. The summed E-state index contributed by atoms with van der Waals surface area (Å²) in [5, 5.41) is 13.7. The number of piperazine rings is 1. The minimum Gasteiger partial charge on any atom is -0.376 e. The first-order valence-corrected chi connectivity index (χ1v) is 16.1. The molecule has 1 N–H and O–H groups in total. The van der Waals surface area contributed by atoms with Gasteiger partial charge in [-0.3, -0.25) is 19.5 Å². The predicted octanol–water partition coefficient (Wildman–Crippen LogP) is 4.95. The highest BCUT2D eigenvalue weighted by atomic mass is 35.5. The number of aromatic amines is 1. The van der Waals surface area contributed by atoms with Gasteiger partial charge in [0.2, 0.25) is 5.91 Å². The maximum atomic E-state index is 15.2. The molecule has 3 saturated heterocycles. The average molecular weight is 665 g/mol. The van der Waals surface area contributed by atoms with E-state index in [0.717, 1.165) is 23.9 Å². The Labute approximate surface area is 270 Å². The van der Waals surface area contributed by atoms with Crippen molar-refractivity contribution in [3.8, 4) is 11.1 Å². The van der Waals surface area contributed by atoms with Crippen LogP contribution in [-0.4, -0.2) is 113 Å². The summed E-state index contributed by atoms with van der Waals surface area (Å²) >= 11 is 13.6. The van der Waals surface area contributed by atoms with E-state index in [0.29, 0.717) is 85.1 Å². The number of benzene rings is 1. The van der Waals surface area contributed by atoms with Gasteiger partial charge in [0, 0.05) is 66.9 Å². The molecule has 0 bridgehead atoms. The zero-order valence-electron chi connectivity index (χ0n) is 25.4. The minimum absolute atomic E-state index is 0.0432. The lowest BCUT2D eigenvalue weighted by molar-refractivity contribution is -0.149. The standard InChI is InChI=1S/C31H37Cl2F2N7O3/c1-4-24(43)40-16-31(17-40)10-19(11-31)42-18(2)25(26-21-12-36-37-23(21)9-22(32)27(26)33)28(38-42)41-6-5-39(15-30(41,3)29(34)35)13-20-14-44-7-8-45-20/h4,9,12,19-20,29H,1,5-8,10-11,13-17H2,2-3H3,(H,36,37)/t20-,30+/m1/s1. The van der Waals surface area contributed by atoms with Crippen molar-refractivity contribution in [3.63, 3.8) is 0 Å². The van der Waals surface area contributed by atoms with E-state index in [4.69, 9.17) is 37.8 Å². The number of ether oxygens (including phenoxy) is 2. The largest absolute Gasteiger partial charge is 0.376 e. The van der Waals surface area contributed by atoms with Crippen LogP contribution < -0.4 is 4.90 Å². The van der Waals surface area contributed by atoms with Crippen LogP contribution in [0.1, 0.15) is 31.5 Å². The molecule has 10 nitrogen and oxygen atoms in total. The number of hydrogen-bond donors (Lipinski definition) is 1. The molecule has 4 aliphatic rings. The molecule has 1 amide bonds. The fourth-order valence-corrected chi connectivity index (χ4v) is 8.23. The zero-order chi connectivity index (χ0) is 31.7. The maximum absolute atomic E-state index is 15.2. The van der Waals surface area contributed by atoms with Gasteiger partial charge < -0.3 is 19.3 Å². The molecule has 7 rings (SSSR count). The second-order valence-corrected chi connectivity index (χ2v) is 14.0. The Bertz CT molecular complexity index is 1630. The number of carbonyl (C=O) groups excluding carboxylic acids is 1. The van der Waals surface area contributed by atoms with E-state index >= 15 is 8.78 Å². The molecule has 14 heteroatoms. The number of halogens is 4. The van der Waals surface area contributed by atoms with Gasteiger partial charge in [-0.15, -0.1) is 0 Å². The van der Waals surface area contributed by atoms with Crippen LogP contribution in [-0.2, 0) is 14.3 Å². The number of aromatic nitrogens is 4. The van der Waals surface area contributed by atoms with E-state index in [1.165, 1.54) is 6.08 Å². The van der Waals surface area contributed by atoms with Crippen molar-refractivity contribution in [3.05, 3.63) is 40.7 Å². The topological polar surface area (TPSA) is 91.8 Å². The number of carbonyl (C=O) groups is 1. The number of nitrogens with zero attached hydrogens (tertiary/aromatic N) is 6. The average Bonchev–Trinajstić information content (AvgIpc) is 3.57. The Morgan fingerprint density at radius 3 is 2.69 bits per heavy atom. The van der Waals surface area contributed by atoms with Gasteiger partial charge in [-0.1, -0.05) is 29.8 Å². The van der Waals surface area contributed by atoms with Crippen LogP contribution in [0.15, 0.2) is 24.9 Å². The lowest BCUT2D eigenvalue weighted by Gasteiger charge is -2.58. The summed E-state index contributed by atoms with van der Waals surface area (Å²) in [7, 11) is 0. The summed E-state index contributed by atoms with van der Waals surface area (Å²) in [4.78, 5) is 17.7. The van der Waals surface area contributed by atoms with Crippen LogP contribution in [0.25, 0.3) is 22.0 Å². The number of fused-ring (bicyclic) bond motifs is 1. The normalized spacial score (nSPS) is 25.6. The fourth-order valence-electron chi connectivity index (χ4n) is 7.77. The first kappa shape index (κ1) is 30.9. The molecule has 45 heavy (non-hydrogen) atoms. The molecule has 1 saturated carbocycles. The predicted molar refractivity (Wildman–Crippen MR) is 168 cm³/mol. The number of hydrogen-bond acceptors (Lipinski definition) is 7. The minimum atomic E-state index is -2.67. The molecule has 3 aliphatic heterocycles. The van der Waals surface area contributed by atoms with E-state index in [1.54, 1.807) is 29.0 Å². The summed E-state index contributed by atoms with van der Waals surface area (Å²) in [5.74, 6) is 0.397. The van der Waals surface area contributed by atoms with Crippen molar-refractivity contribution in [1.82, 2.24) is 29.8 Å². The van der Waals surface area contributed by atoms with Gasteiger partial charge in [0.1, 0.15) is 5.54 Å². The van der Waals surface area contributed by atoms with Crippen LogP contribution in [0.3, 0.4) is 0 Å². The smallest absolute Gasteiger partial charge is 0.262 e. The van der Waals surface area contributed by atoms with Crippen molar-refractivity contribution in [1.29, 1.82) is 0 Å². The molecule has 0 unspecified atom stereocenters. The second kappa shape index (κ2) is 11.5. The zero-order valence-corrected chi connectivity index (χ0v) is 26.9. The third-order valence-electron chi connectivity index (χ3n) is 10.1. The molecule has 2 atom stereocenters. The van der Waals surface area contributed by atoms with E-state index in [1.807, 2.05) is 16.5 Å². The van der Waals surface area contributed by atoms with Crippen molar-refractivity contribution < 1.29 is 23.0 Å². The van der Waals surface area contributed by atoms with Crippen LogP contribution >= 0.6 is 23.2 Å². The van der Waals surface area contributed by atoms with Gasteiger partial charge in [0.15, 0.2) is 5.82 Å². The van der Waals surface area contributed by atoms with Crippen LogP contribution in [0.4, 0.5) is 14.6 Å². The van der Waals surface area contributed by atoms with E-state index in [-0.39, 0.29) is 30.0 Å². The molecular weight excluding hydrogens is 627 g/mol. The van der Waals surface area contributed by atoms with Gasteiger partial charge >= 0.3 is 0 Å². The number of likely N-dealkylation sites (tertiary alicyclic amines) is 1. The molecule has 3 aromatic rings. The summed E-state index contributed by atoms with van der Waals surface area (Å²) < 4.78 is 43.8. The number of alkyl halides is 2. The highest BCUT2D eigenvalue weighted by Crippen LogP contribution is 2.56. The number of anilines is 1. The molecule has 5 heterocycles. The Morgan fingerprint density at radius 1 is 1.22 bits per heavy atom. The Hall–Kier alpha value is -2.77. The SMILES string of the molecule is C=CC(=O)N1CC2(CC(n3nc(N4CCN(C[C@@H]5COCCO5)C[C@@]4(C)C(F)F)c(-c4c(Cl)c(Cl)cc5[nH]ncc45)c3C)C2)C1. The van der Waals surface area contributed by atoms with Crippen molar-refractivity contribution in [2.45, 2.75) is 50.8 Å². The highest BCUT2D eigenvalue weighted by Gasteiger charge is 2.55. The van der Waals surface area contributed by atoms with Gasteiger partial charge in [-0.2, -0.15) is 10.2 Å².